The molecule has 2 atom stereocenters. The number of phenols is 1. The fourth-order valence-electron chi connectivity index (χ4n) is 4.04. The maximum absolute atomic E-state index is 12.7. The number of phenolic OH excluding ortho intramolecular Hbond substituents is 1. The standard InChI is InChI=1S/C24H38N2O3S/c1-23(2,3)18-11-16(12-19(21(18)28)24(4,5)6)22-26(20(27)15-30-22)10-8-9-25(7)13-17-14-29-17/h11-12,17,22,28H,8-10,13-15H2,1-7H3. The number of amides is 1. The van der Waals surface area contributed by atoms with Gasteiger partial charge in [-0.3, -0.25) is 4.79 Å². The Labute approximate surface area is 186 Å². The molecule has 0 aromatic heterocycles. The Balaban J connectivity index is 1.82. The van der Waals surface area contributed by atoms with Crippen LogP contribution in [-0.4, -0.2) is 66.0 Å². The topological polar surface area (TPSA) is 56.3 Å². The van der Waals surface area contributed by atoms with Gasteiger partial charge in [-0.05, 0) is 59.7 Å². The molecule has 1 aromatic carbocycles. The average Bonchev–Trinajstić information content (AvgIpc) is 3.35. The van der Waals surface area contributed by atoms with Crippen LogP contribution in [0.2, 0.25) is 0 Å². The van der Waals surface area contributed by atoms with Crippen molar-refractivity contribution in [2.45, 2.75) is 70.3 Å². The van der Waals surface area contributed by atoms with E-state index in [1.54, 1.807) is 11.8 Å². The maximum Gasteiger partial charge on any atom is 0.233 e. The van der Waals surface area contributed by atoms with Crippen molar-refractivity contribution in [3.05, 3.63) is 28.8 Å². The quantitative estimate of drug-likeness (QED) is 0.649. The highest BCUT2D eigenvalue weighted by Crippen LogP contribution is 2.45. The van der Waals surface area contributed by atoms with Crippen LogP contribution in [0.3, 0.4) is 0 Å². The zero-order chi connectivity index (χ0) is 22.3. The lowest BCUT2D eigenvalue weighted by Crippen LogP contribution is -2.33. The van der Waals surface area contributed by atoms with Gasteiger partial charge in [-0.1, -0.05) is 41.5 Å². The number of aromatic hydroxyl groups is 1. The van der Waals surface area contributed by atoms with Gasteiger partial charge < -0.3 is 19.6 Å². The van der Waals surface area contributed by atoms with Gasteiger partial charge in [-0.2, -0.15) is 0 Å². The number of thioether (sulfide) groups is 1. The monoisotopic (exact) mass is 434 g/mol. The van der Waals surface area contributed by atoms with Crippen molar-refractivity contribution in [3.63, 3.8) is 0 Å². The van der Waals surface area contributed by atoms with E-state index in [-0.39, 0.29) is 22.1 Å². The predicted octanol–water partition coefficient (Wildman–Crippen LogP) is 4.28. The first-order chi connectivity index (χ1) is 13.9. The Morgan fingerprint density at radius 3 is 2.23 bits per heavy atom. The number of ether oxygens (including phenoxy) is 1. The van der Waals surface area contributed by atoms with Crippen LogP contribution in [0, 0.1) is 0 Å². The van der Waals surface area contributed by atoms with E-state index in [4.69, 9.17) is 4.74 Å². The molecule has 30 heavy (non-hydrogen) atoms. The summed E-state index contributed by atoms with van der Waals surface area (Å²) in [6, 6.07) is 4.23. The Morgan fingerprint density at radius 1 is 1.17 bits per heavy atom. The predicted molar refractivity (Wildman–Crippen MR) is 124 cm³/mol. The van der Waals surface area contributed by atoms with Gasteiger partial charge in [0, 0.05) is 13.1 Å². The summed E-state index contributed by atoms with van der Waals surface area (Å²) in [6.45, 7) is 16.3. The molecular formula is C24H38N2O3S. The fraction of sp³-hybridized carbons (Fsp3) is 0.708. The number of epoxide rings is 1. The van der Waals surface area contributed by atoms with Crippen LogP contribution >= 0.6 is 11.8 Å². The summed E-state index contributed by atoms with van der Waals surface area (Å²) in [6.07, 6.45) is 1.35. The summed E-state index contributed by atoms with van der Waals surface area (Å²) in [5.41, 5.74) is 2.68. The third kappa shape index (κ3) is 5.51. The molecule has 0 radical (unpaired) electrons. The number of likely N-dealkylation sites (N-methyl/N-ethyl adjacent to an activating group) is 1. The molecule has 2 aliphatic heterocycles. The number of benzene rings is 1. The van der Waals surface area contributed by atoms with Crippen molar-refractivity contribution in [3.8, 4) is 5.75 Å². The third-order valence-electron chi connectivity index (χ3n) is 5.86. The van der Waals surface area contributed by atoms with E-state index in [0.717, 1.165) is 49.4 Å². The Morgan fingerprint density at radius 2 is 1.73 bits per heavy atom. The number of hydrogen-bond acceptors (Lipinski definition) is 5. The number of hydrogen-bond donors (Lipinski definition) is 1. The zero-order valence-corrected chi connectivity index (χ0v) is 20.4. The molecule has 5 nitrogen and oxygen atoms in total. The van der Waals surface area contributed by atoms with E-state index in [1.165, 1.54) is 0 Å². The van der Waals surface area contributed by atoms with Gasteiger partial charge >= 0.3 is 0 Å². The molecule has 168 valence electrons. The molecule has 2 saturated heterocycles. The van der Waals surface area contributed by atoms with Gasteiger partial charge in [0.1, 0.15) is 11.1 Å². The molecule has 1 aromatic rings. The van der Waals surface area contributed by atoms with Gasteiger partial charge in [0.25, 0.3) is 0 Å². The first-order valence-electron chi connectivity index (χ1n) is 11.0. The number of carbonyl (C=O) groups is 1. The zero-order valence-electron chi connectivity index (χ0n) is 19.6. The highest BCUT2D eigenvalue weighted by molar-refractivity contribution is 8.00. The van der Waals surface area contributed by atoms with Crippen molar-refractivity contribution in [1.82, 2.24) is 9.80 Å². The van der Waals surface area contributed by atoms with E-state index in [9.17, 15) is 9.90 Å². The highest BCUT2D eigenvalue weighted by Gasteiger charge is 2.35. The first kappa shape index (κ1) is 23.4. The summed E-state index contributed by atoms with van der Waals surface area (Å²) >= 11 is 1.70. The van der Waals surface area contributed by atoms with Gasteiger partial charge in [0.2, 0.25) is 5.91 Å². The van der Waals surface area contributed by atoms with Crippen LogP contribution in [0.1, 0.15) is 70.0 Å². The summed E-state index contributed by atoms with van der Waals surface area (Å²) in [4.78, 5) is 17.0. The third-order valence-corrected chi connectivity index (χ3v) is 7.11. The number of nitrogens with zero attached hydrogens (tertiary/aromatic N) is 2. The molecular weight excluding hydrogens is 396 g/mol. The van der Waals surface area contributed by atoms with Crippen LogP contribution in [0.5, 0.6) is 5.75 Å². The summed E-state index contributed by atoms with van der Waals surface area (Å²) in [7, 11) is 2.12. The molecule has 0 bridgehead atoms. The Hall–Kier alpha value is -1.24. The lowest BCUT2D eigenvalue weighted by molar-refractivity contribution is -0.128. The smallest absolute Gasteiger partial charge is 0.233 e. The van der Waals surface area contributed by atoms with Crippen LogP contribution in [0.25, 0.3) is 0 Å². The van der Waals surface area contributed by atoms with E-state index >= 15 is 0 Å². The minimum atomic E-state index is -0.175. The lowest BCUT2D eigenvalue weighted by Gasteiger charge is -2.31. The summed E-state index contributed by atoms with van der Waals surface area (Å²) in [5.74, 6) is 1.12. The Kier molecular flexibility index (Phi) is 6.80. The van der Waals surface area contributed by atoms with Crippen LogP contribution in [0.15, 0.2) is 12.1 Å². The molecule has 0 aliphatic carbocycles. The Bertz CT molecular complexity index is 743. The van der Waals surface area contributed by atoms with Crippen LogP contribution < -0.4 is 0 Å². The molecule has 1 N–H and O–H groups in total. The van der Waals surface area contributed by atoms with Crippen LogP contribution in [0.4, 0.5) is 0 Å². The van der Waals surface area contributed by atoms with Crippen molar-refractivity contribution in [2.75, 3.05) is 39.0 Å². The van der Waals surface area contributed by atoms with Gasteiger partial charge in [0.05, 0.1) is 18.5 Å². The maximum atomic E-state index is 12.7. The van der Waals surface area contributed by atoms with Crippen LogP contribution in [-0.2, 0) is 20.4 Å². The molecule has 0 spiro atoms. The van der Waals surface area contributed by atoms with Crippen molar-refractivity contribution >= 4 is 17.7 Å². The molecule has 0 saturated carbocycles. The molecule has 2 heterocycles. The van der Waals surface area contributed by atoms with E-state index in [1.807, 2.05) is 4.90 Å². The minimum Gasteiger partial charge on any atom is -0.507 e. The van der Waals surface area contributed by atoms with Crippen molar-refractivity contribution in [1.29, 1.82) is 0 Å². The summed E-state index contributed by atoms with van der Waals surface area (Å²) < 4.78 is 5.31. The minimum absolute atomic E-state index is 0.0115. The lowest BCUT2D eigenvalue weighted by atomic mass is 9.78. The fourth-order valence-corrected chi connectivity index (χ4v) is 5.24. The second-order valence-corrected chi connectivity index (χ2v) is 11.9. The van der Waals surface area contributed by atoms with E-state index in [2.05, 4.69) is 65.6 Å². The van der Waals surface area contributed by atoms with E-state index < -0.39 is 0 Å². The molecule has 6 heteroatoms. The van der Waals surface area contributed by atoms with Gasteiger partial charge in [-0.25, -0.2) is 0 Å². The second-order valence-electron chi connectivity index (χ2n) is 10.8. The SMILES string of the molecule is CN(CCCN1C(=O)CSC1c1cc(C(C)(C)C)c(O)c(C(C)(C)C)c1)CC1CO1. The highest BCUT2D eigenvalue weighted by atomic mass is 32.2. The van der Waals surface area contributed by atoms with E-state index in [0.29, 0.717) is 17.6 Å². The largest absolute Gasteiger partial charge is 0.507 e. The number of carbonyl (C=O) groups excluding carboxylic acids is 1. The first-order valence-corrected chi connectivity index (χ1v) is 12.0. The summed E-state index contributed by atoms with van der Waals surface area (Å²) in [5, 5.41) is 11.0. The molecule has 2 aliphatic rings. The van der Waals surface area contributed by atoms with Crippen molar-refractivity contribution < 1.29 is 14.6 Å². The number of rotatable bonds is 7. The van der Waals surface area contributed by atoms with Crippen molar-refractivity contribution in [2.24, 2.45) is 0 Å². The average molecular weight is 435 g/mol. The normalized spacial score (nSPS) is 22.3. The van der Waals surface area contributed by atoms with Gasteiger partial charge in [-0.15, -0.1) is 11.8 Å². The second kappa shape index (κ2) is 8.71. The molecule has 3 rings (SSSR count). The van der Waals surface area contributed by atoms with Gasteiger partial charge in [0.15, 0.2) is 0 Å². The molecule has 2 unspecified atom stereocenters. The molecule has 2 fully saturated rings. The molecule has 1 amide bonds.